The second kappa shape index (κ2) is 8.21. The minimum Gasteiger partial charge on any atom is -0.486 e. The molecular formula is C19H16Cl3N3O2. The fourth-order valence-corrected chi connectivity index (χ4v) is 3.37. The van der Waals surface area contributed by atoms with Crippen molar-refractivity contribution in [3.63, 3.8) is 0 Å². The van der Waals surface area contributed by atoms with Crippen molar-refractivity contribution in [3.05, 3.63) is 74.5 Å². The predicted molar refractivity (Wildman–Crippen MR) is 108 cm³/mol. The van der Waals surface area contributed by atoms with Crippen LogP contribution in [-0.4, -0.2) is 15.7 Å². The number of ether oxygens (including phenoxy) is 1. The molecule has 1 aromatic heterocycles. The molecule has 3 aromatic rings. The highest BCUT2D eigenvalue weighted by molar-refractivity contribution is 6.40. The van der Waals surface area contributed by atoms with Gasteiger partial charge in [-0.2, -0.15) is 5.10 Å². The van der Waals surface area contributed by atoms with E-state index < -0.39 is 0 Å². The first-order chi connectivity index (χ1) is 12.8. The summed E-state index contributed by atoms with van der Waals surface area (Å²) in [7, 11) is 1.82. The number of amides is 1. The Balaban J connectivity index is 1.72. The standard InChI is InChI=1S/C19H16Cl3N3O2/c1-11-17(9-23-25(11)2)24-19(26)13-5-3-4-12(6-13)10-27-18-15(21)7-14(20)8-16(18)22/h3-9H,10H2,1-2H3,(H,24,26). The number of carbonyl (C=O) groups is 1. The molecule has 1 heterocycles. The number of rotatable bonds is 5. The van der Waals surface area contributed by atoms with Crippen molar-refractivity contribution in [2.75, 3.05) is 5.32 Å². The lowest BCUT2D eigenvalue weighted by Crippen LogP contribution is -2.13. The maximum atomic E-state index is 12.5. The van der Waals surface area contributed by atoms with Crippen molar-refractivity contribution >= 4 is 46.4 Å². The van der Waals surface area contributed by atoms with Gasteiger partial charge in [0.2, 0.25) is 0 Å². The zero-order chi connectivity index (χ0) is 19.6. The Morgan fingerprint density at radius 3 is 2.52 bits per heavy atom. The van der Waals surface area contributed by atoms with Crippen LogP contribution in [0.1, 0.15) is 21.6 Å². The molecule has 8 heteroatoms. The molecule has 1 N–H and O–H groups in total. The third kappa shape index (κ3) is 4.56. The highest BCUT2D eigenvalue weighted by Crippen LogP contribution is 2.36. The third-order valence-corrected chi connectivity index (χ3v) is 4.80. The second-order valence-electron chi connectivity index (χ2n) is 5.91. The zero-order valence-corrected chi connectivity index (χ0v) is 16.9. The molecule has 0 saturated carbocycles. The molecule has 0 spiro atoms. The van der Waals surface area contributed by atoms with Crippen LogP contribution < -0.4 is 10.1 Å². The van der Waals surface area contributed by atoms with Gasteiger partial charge < -0.3 is 10.1 Å². The van der Waals surface area contributed by atoms with Gasteiger partial charge in [-0.15, -0.1) is 0 Å². The summed E-state index contributed by atoms with van der Waals surface area (Å²) >= 11 is 18.1. The number of nitrogens with one attached hydrogen (secondary N) is 1. The van der Waals surface area contributed by atoms with Crippen LogP contribution in [0.3, 0.4) is 0 Å². The Bertz CT molecular complexity index is 979. The van der Waals surface area contributed by atoms with E-state index in [1.165, 1.54) is 0 Å². The first-order valence-electron chi connectivity index (χ1n) is 8.01. The SMILES string of the molecule is Cc1c(NC(=O)c2cccc(COc3c(Cl)cc(Cl)cc3Cl)c2)cnn1C. The van der Waals surface area contributed by atoms with Gasteiger partial charge in [0.05, 0.1) is 27.6 Å². The second-order valence-corrected chi connectivity index (χ2v) is 7.16. The molecule has 27 heavy (non-hydrogen) atoms. The van der Waals surface area contributed by atoms with E-state index in [1.54, 1.807) is 41.2 Å². The van der Waals surface area contributed by atoms with Crippen molar-refractivity contribution in [1.29, 1.82) is 0 Å². The topological polar surface area (TPSA) is 56.1 Å². The Labute approximate surface area is 171 Å². The Hall–Kier alpha value is -2.21. The predicted octanol–water partition coefficient (Wildman–Crippen LogP) is 5.52. The molecule has 0 unspecified atom stereocenters. The molecule has 1 amide bonds. The first kappa shape index (κ1) is 19.5. The van der Waals surface area contributed by atoms with E-state index in [2.05, 4.69) is 10.4 Å². The molecule has 0 bridgehead atoms. The van der Waals surface area contributed by atoms with Crippen LogP contribution in [0.15, 0.2) is 42.6 Å². The summed E-state index contributed by atoms with van der Waals surface area (Å²) in [5.74, 6) is 0.124. The molecule has 0 aliphatic carbocycles. The summed E-state index contributed by atoms with van der Waals surface area (Å²) in [6.45, 7) is 2.08. The summed E-state index contributed by atoms with van der Waals surface area (Å²) in [6, 6.07) is 10.2. The quantitative estimate of drug-likeness (QED) is 0.586. The van der Waals surface area contributed by atoms with E-state index in [0.717, 1.165) is 11.3 Å². The third-order valence-electron chi connectivity index (χ3n) is 4.02. The van der Waals surface area contributed by atoms with Gasteiger partial charge in [0.25, 0.3) is 5.91 Å². The fraction of sp³-hybridized carbons (Fsp3) is 0.158. The molecule has 140 valence electrons. The van der Waals surface area contributed by atoms with E-state index in [9.17, 15) is 4.79 Å². The molecule has 0 radical (unpaired) electrons. The van der Waals surface area contributed by atoms with E-state index in [0.29, 0.717) is 32.1 Å². The lowest BCUT2D eigenvalue weighted by molar-refractivity contribution is 0.102. The van der Waals surface area contributed by atoms with E-state index in [4.69, 9.17) is 39.5 Å². The molecule has 5 nitrogen and oxygen atoms in total. The van der Waals surface area contributed by atoms with E-state index in [-0.39, 0.29) is 12.5 Å². The molecule has 0 fully saturated rings. The number of hydrogen-bond acceptors (Lipinski definition) is 3. The van der Waals surface area contributed by atoms with Gasteiger partial charge in [-0.1, -0.05) is 46.9 Å². The van der Waals surface area contributed by atoms with Crippen LogP contribution >= 0.6 is 34.8 Å². The Morgan fingerprint density at radius 1 is 1.19 bits per heavy atom. The van der Waals surface area contributed by atoms with Gasteiger partial charge >= 0.3 is 0 Å². The van der Waals surface area contributed by atoms with Crippen molar-refractivity contribution in [2.24, 2.45) is 7.05 Å². The maximum Gasteiger partial charge on any atom is 0.255 e. The number of carbonyl (C=O) groups excluding carboxylic acids is 1. The molecular weight excluding hydrogens is 409 g/mol. The van der Waals surface area contributed by atoms with Gasteiger partial charge in [0.1, 0.15) is 6.61 Å². The summed E-state index contributed by atoms with van der Waals surface area (Å²) < 4.78 is 7.41. The van der Waals surface area contributed by atoms with Gasteiger partial charge in [-0.3, -0.25) is 9.48 Å². The molecule has 2 aromatic carbocycles. The van der Waals surface area contributed by atoms with Gasteiger partial charge in [0, 0.05) is 17.6 Å². The van der Waals surface area contributed by atoms with Crippen LogP contribution in [0.5, 0.6) is 5.75 Å². The van der Waals surface area contributed by atoms with Crippen LogP contribution in [-0.2, 0) is 13.7 Å². The number of anilines is 1. The smallest absolute Gasteiger partial charge is 0.255 e. The molecule has 0 saturated heterocycles. The van der Waals surface area contributed by atoms with E-state index in [1.807, 2.05) is 20.0 Å². The Kier molecular flexibility index (Phi) is 5.95. The summed E-state index contributed by atoms with van der Waals surface area (Å²) in [6.07, 6.45) is 1.62. The highest BCUT2D eigenvalue weighted by atomic mass is 35.5. The van der Waals surface area contributed by atoms with Crippen LogP contribution in [0.2, 0.25) is 15.1 Å². The molecule has 0 aliphatic heterocycles. The minimum absolute atomic E-state index is 0.202. The summed E-state index contributed by atoms with van der Waals surface area (Å²) in [5, 5.41) is 8.05. The van der Waals surface area contributed by atoms with Crippen LogP contribution in [0.25, 0.3) is 0 Å². The van der Waals surface area contributed by atoms with Crippen molar-refractivity contribution < 1.29 is 9.53 Å². The largest absolute Gasteiger partial charge is 0.486 e. The average Bonchev–Trinajstić information content (AvgIpc) is 2.93. The Morgan fingerprint density at radius 2 is 1.89 bits per heavy atom. The monoisotopic (exact) mass is 423 g/mol. The van der Waals surface area contributed by atoms with Crippen LogP contribution in [0, 0.1) is 6.92 Å². The lowest BCUT2D eigenvalue weighted by atomic mass is 10.1. The van der Waals surface area contributed by atoms with Gasteiger partial charge in [-0.25, -0.2) is 0 Å². The van der Waals surface area contributed by atoms with Crippen molar-refractivity contribution in [1.82, 2.24) is 9.78 Å². The number of benzene rings is 2. The number of halogens is 3. The normalized spacial score (nSPS) is 10.7. The molecule has 0 aliphatic rings. The highest BCUT2D eigenvalue weighted by Gasteiger charge is 2.12. The summed E-state index contributed by atoms with van der Waals surface area (Å²) in [5.41, 5.74) is 2.85. The molecule has 0 atom stereocenters. The van der Waals surface area contributed by atoms with Gasteiger partial charge in [-0.05, 0) is 36.8 Å². The van der Waals surface area contributed by atoms with Crippen molar-refractivity contribution in [3.8, 4) is 5.75 Å². The zero-order valence-electron chi connectivity index (χ0n) is 14.6. The van der Waals surface area contributed by atoms with E-state index >= 15 is 0 Å². The maximum absolute atomic E-state index is 12.5. The lowest BCUT2D eigenvalue weighted by Gasteiger charge is -2.11. The van der Waals surface area contributed by atoms with Crippen molar-refractivity contribution in [2.45, 2.75) is 13.5 Å². The van der Waals surface area contributed by atoms with Crippen LogP contribution in [0.4, 0.5) is 5.69 Å². The molecule has 3 rings (SSSR count). The number of nitrogens with zero attached hydrogens (tertiary/aromatic N) is 2. The fourth-order valence-electron chi connectivity index (χ4n) is 2.44. The first-order valence-corrected chi connectivity index (χ1v) is 9.15. The average molecular weight is 425 g/mol. The summed E-state index contributed by atoms with van der Waals surface area (Å²) in [4.78, 5) is 12.5. The minimum atomic E-state index is -0.226. The number of hydrogen-bond donors (Lipinski definition) is 1. The van der Waals surface area contributed by atoms with Gasteiger partial charge in [0.15, 0.2) is 5.75 Å². The number of aryl methyl sites for hydroxylation is 1. The number of aromatic nitrogens is 2.